The van der Waals surface area contributed by atoms with Crippen LogP contribution in [0.15, 0.2) is 54.6 Å². The van der Waals surface area contributed by atoms with Crippen molar-refractivity contribution in [3.8, 4) is 11.1 Å². The van der Waals surface area contributed by atoms with E-state index < -0.39 is 0 Å². The number of amides is 2. The molecule has 39 heavy (non-hydrogen) atoms. The summed E-state index contributed by atoms with van der Waals surface area (Å²) in [5.74, 6) is 0.930. The van der Waals surface area contributed by atoms with Gasteiger partial charge >= 0.3 is 0 Å². The third kappa shape index (κ3) is 5.24. The third-order valence-corrected chi connectivity index (χ3v) is 9.01. The quantitative estimate of drug-likeness (QED) is 0.348. The highest BCUT2D eigenvalue weighted by Crippen LogP contribution is 2.37. The Morgan fingerprint density at radius 1 is 1.03 bits per heavy atom. The van der Waals surface area contributed by atoms with Gasteiger partial charge in [-0.05, 0) is 78.0 Å². The molecule has 6 rings (SSSR count). The second-order valence-electron chi connectivity index (χ2n) is 12.0. The molecule has 5 nitrogen and oxygen atoms in total. The van der Waals surface area contributed by atoms with Crippen molar-refractivity contribution in [2.24, 2.45) is 11.8 Å². The van der Waals surface area contributed by atoms with E-state index >= 15 is 0 Å². The highest BCUT2D eigenvalue weighted by Gasteiger charge is 2.35. The standard InChI is InChI=1S/C34H39N3O2/c1-21(2)31-32-30(34(39)37-31)28(20-26(35-32)18-12-22-8-4-3-5-9-22)24-13-15-25(16-14-24)33(38)36-29-19-17-23-10-6-7-11-27(23)29/h6-7,10-11,13-16,20-22,29,31H,3-5,8-9,12,17-19H2,1-2H3,(H,36,38)(H,37,39). The first-order valence-corrected chi connectivity index (χ1v) is 14.8. The smallest absolute Gasteiger partial charge is 0.254 e. The lowest BCUT2D eigenvalue weighted by Gasteiger charge is -2.22. The maximum Gasteiger partial charge on any atom is 0.254 e. The fourth-order valence-electron chi connectivity index (χ4n) is 6.78. The van der Waals surface area contributed by atoms with E-state index in [0.717, 1.165) is 54.1 Å². The van der Waals surface area contributed by atoms with Crippen LogP contribution >= 0.6 is 0 Å². The molecule has 1 saturated carbocycles. The lowest BCUT2D eigenvalue weighted by molar-refractivity contribution is 0.0932. The number of hydrogen-bond acceptors (Lipinski definition) is 3. The van der Waals surface area contributed by atoms with Crippen LogP contribution in [0.25, 0.3) is 11.1 Å². The fraction of sp³-hybridized carbons (Fsp3) is 0.441. The Bertz CT molecular complexity index is 1370. The topological polar surface area (TPSA) is 71.1 Å². The summed E-state index contributed by atoms with van der Waals surface area (Å²) in [5.41, 5.74) is 7.70. The highest BCUT2D eigenvalue weighted by atomic mass is 16.2. The van der Waals surface area contributed by atoms with E-state index in [1.165, 1.54) is 43.2 Å². The summed E-state index contributed by atoms with van der Waals surface area (Å²) < 4.78 is 0. The largest absolute Gasteiger partial charge is 0.345 e. The van der Waals surface area contributed by atoms with Gasteiger partial charge in [-0.3, -0.25) is 14.6 Å². The van der Waals surface area contributed by atoms with Gasteiger partial charge in [-0.1, -0.05) is 82.3 Å². The van der Waals surface area contributed by atoms with Crippen molar-refractivity contribution in [1.29, 1.82) is 0 Å². The summed E-state index contributed by atoms with van der Waals surface area (Å²) >= 11 is 0. The van der Waals surface area contributed by atoms with Crippen LogP contribution in [0.5, 0.6) is 0 Å². The van der Waals surface area contributed by atoms with E-state index in [9.17, 15) is 9.59 Å². The van der Waals surface area contributed by atoms with Crippen LogP contribution in [0.4, 0.5) is 0 Å². The Kier molecular flexibility index (Phi) is 7.24. The number of carbonyl (C=O) groups is 2. The van der Waals surface area contributed by atoms with Gasteiger partial charge in [-0.15, -0.1) is 0 Å². The van der Waals surface area contributed by atoms with Crippen molar-refractivity contribution >= 4 is 11.8 Å². The summed E-state index contributed by atoms with van der Waals surface area (Å²) in [6.45, 7) is 4.26. The molecule has 2 aromatic carbocycles. The number of aromatic nitrogens is 1. The number of rotatable bonds is 7. The fourth-order valence-corrected chi connectivity index (χ4v) is 6.78. The summed E-state index contributed by atoms with van der Waals surface area (Å²) in [7, 11) is 0. The number of fused-ring (bicyclic) bond motifs is 2. The first-order valence-electron chi connectivity index (χ1n) is 14.8. The van der Waals surface area contributed by atoms with E-state index in [2.05, 4.69) is 48.7 Å². The molecule has 2 unspecified atom stereocenters. The number of nitrogens with zero attached hydrogens (tertiary/aromatic N) is 1. The highest BCUT2D eigenvalue weighted by molar-refractivity contribution is 6.05. The summed E-state index contributed by atoms with van der Waals surface area (Å²) in [6.07, 6.45) is 10.7. The Balaban J connectivity index is 1.26. The molecule has 0 radical (unpaired) electrons. The molecule has 0 spiro atoms. The van der Waals surface area contributed by atoms with Gasteiger partial charge in [0.1, 0.15) is 0 Å². The van der Waals surface area contributed by atoms with E-state index in [0.29, 0.717) is 11.1 Å². The molecule has 2 atom stereocenters. The van der Waals surface area contributed by atoms with Crippen LogP contribution in [-0.4, -0.2) is 16.8 Å². The van der Waals surface area contributed by atoms with Crippen LogP contribution in [0.1, 0.15) is 114 Å². The number of carbonyl (C=O) groups excluding carboxylic acids is 2. The maximum absolute atomic E-state index is 13.1. The lowest BCUT2D eigenvalue weighted by Crippen LogP contribution is -2.27. The van der Waals surface area contributed by atoms with Crippen LogP contribution in [-0.2, 0) is 12.8 Å². The average molecular weight is 522 g/mol. The van der Waals surface area contributed by atoms with Crippen molar-refractivity contribution in [3.63, 3.8) is 0 Å². The Hall–Kier alpha value is -3.47. The Labute approximate surface area is 231 Å². The van der Waals surface area contributed by atoms with Crippen LogP contribution in [0.3, 0.4) is 0 Å². The van der Waals surface area contributed by atoms with Gasteiger partial charge in [-0.2, -0.15) is 0 Å². The van der Waals surface area contributed by atoms with Gasteiger partial charge in [0, 0.05) is 11.3 Å². The number of benzene rings is 2. The summed E-state index contributed by atoms with van der Waals surface area (Å²) in [6, 6.07) is 18.2. The normalized spacial score (nSPS) is 20.5. The minimum absolute atomic E-state index is 0.0493. The van der Waals surface area contributed by atoms with E-state index in [4.69, 9.17) is 4.98 Å². The number of aryl methyl sites for hydroxylation is 2. The molecule has 1 fully saturated rings. The van der Waals surface area contributed by atoms with Gasteiger partial charge < -0.3 is 10.6 Å². The van der Waals surface area contributed by atoms with Crippen molar-refractivity contribution in [2.45, 2.75) is 83.7 Å². The van der Waals surface area contributed by atoms with Crippen LogP contribution < -0.4 is 10.6 Å². The van der Waals surface area contributed by atoms with Gasteiger partial charge in [-0.25, -0.2) is 0 Å². The molecule has 1 aliphatic heterocycles. The van der Waals surface area contributed by atoms with E-state index in [1.54, 1.807) is 0 Å². The number of nitrogens with one attached hydrogen (secondary N) is 2. The summed E-state index contributed by atoms with van der Waals surface area (Å²) in [5, 5.41) is 6.40. The molecular formula is C34H39N3O2. The third-order valence-electron chi connectivity index (χ3n) is 9.01. The average Bonchev–Trinajstić information content (AvgIpc) is 3.53. The number of hydrogen-bond donors (Lipinski definition) is 2. The van der Waals surface area contributed by atoms with Gasteiger partial charge in [0.15, 0.2) is 0 Å². The zero-order chi connectivity index (χ0) is 26.9. The second-order valence-corrected chi connectivity index (χ2v) is 12.0. The molecule has 0 saturated heterocycles. The predicted octanol–water partition coefficient (Wildman–Crippen LogP) is 7.12. The monoisotopic (exact) mass is 521 g/mol. The molecular weight excluding hydrogens is 482 g/mol. The van der Waals surface area contributed by atoms with Gasteiger partial charge in [0.25, 0.3) is 11.8 Å². The van der Waals surface area contributed by atoms with Crippen molar-refractivity contribution in [3.05, 3.63) is 88.2 Å². The molecule has 3 aliphatic rings. The van der Waals surface area contributed by atoms with Crippen molar-refractivity contribution in [1.82, 2.24) is 15.6 Å². The van der Waals surface area contributed by atoms with Crippen LogP contribution in [0.2, 0.25) is 0 Å². The first kappa shape index (κ1) is 25.8. The molecule has 1 aromatic heterocycles. The summed E-state index contributed by atoms with van der Waals surface area (Å²) in [4.78, 5) is 31.3. The van der Waals surface area contributed by atoms with E-state index in [1.807, 2.05) is 30.3 Å². The molecule has 2 amide bonds. The zero-order valence-electron chi connectivity index (χ0n) is 23.1. The van der Waals surface area contributed by atoms with Gasteiger partial charge in [0.05, 0.1) is 23.3 Å². The molecule has 2 N–H and O–H groups in total. The minimum atomic E-state index is -0.0692. The Morgan fingerprint density at radius 2 is 1.79 bits per heavy atom. The van der Waals surface area contributed by atoms with Crippen molar-refractivity contribution < 1.29 is 9.59 Å². The van der Waals surface area contributed by atoms with E-state index in [-0.39, 0.29) is 29.8 Å². The molecule has 3 aromatic rings. The molecule has 0 bridgehead atoms. The zero-order valence-corrected chi connectivity index (χ0v) is 23.1. The molecule has 5 heteroatoms. The molecule has 2 heterocycles. The predicted molar refractivity (Wildman–Crippen MR) is 155 cm³/mol. The maximum atomic E-state index is 13.1. The first-order chi connectivity index (χ1) is 19.0. The van der Waals surface area contributed by atoms with Crippen LogP contribution in [0, 0.1) is 11.8 Å². The lowest BCUT2D eigenvalue weighted by atomic mass is 9.85. The second kappa shape index (κ2) is 11.0. The molecule has 202 valence electrons. The van der Waals surface area contributed by atoms with Gasteiger partial charge in [0.2, 0.25) is 0 Å². The SMILES string of the molecule is CC(C)C1NC(=O)c2c(-c3ccc(C(=O)NC4CCc5ccccc54)cc3)cc(CCC3CCCCC3)nc21. The number of pyridine rings is 1. The Morgan fingerprint density at radius 3 is 2.56 bits per heavy atom. The minimum Gasteiger partial charge on any atom is -0.345 e. The molecule has 2 aliphatic carbocycles. The van der Waals surface area contributed by atoms with Crippen molar-refractivity contribution in [2.75, 3.05) is 0 Å².